The predicted octanol–water partition coefficient (Wildman–Crippen LogP) is 3.22. The molecule has 0 unspecified atom stereocenters. The van der Waals surface area contributed by atoms with Gasteiger partial charge in [0.05, 0.1) is 6.33 Å². The molecule has 0 aromatic rings. The lowest BCUT2D eigenvalue weighted by Gasteiger charge is -1.92. The van der Waals surface area contributed by atoms with Gasteiger partial charge >= 0.3 is 6.18 Å². The van der Waals surface area contributed by atoms with Gasteiger partial charge in [-0.3, -0.25) is 0 Å². The van der Waals surface area contributed by atoms with Crippen LogP contribution < -0.4 is 0 Å². The van der Waals surface area contributed by atoms with Gasteiger partial charge in [-0.25, -0.2) is 4.39 Å². The standard InChI is InChI=1S/C3H2F4.C3H6/c4-2-1-3(5,6)7;1-3-2/h1-2H;3H,1H2,2H3. The van der Waals surface area contributed by atoms with Crippen LogP contribution in [0.25, 0.3) is 0 Å². The van der Waals surface area contributed by atoms with E-state index >= 15 is 0 Å². The largest absolute Gasteiger partial charge is 0.411 e. The maximum atomic E-state index is 10.7. The van der Waals surface area contributed by atoms with E-state index in [-0.39, 0.29) is 0 Å². The van der Waals surface area contributed by atoms with Crippen LogP contribution in [0.2, 0.25) is 0 Å². The van der Waals surface area contributed by atoms with Crippen LogP contribution in [0.15, 0.2) is 25.1 Å². The van der Waals surface area contributed by atoms with Crippen LogP contribution >= 0.6 is 0 Å². The van der Waals surface area contributed by atoms with E-state index in [4.69, 9.17) is 0 Å². The van der Waals surface area contributed by atoms with E-state index in [2.05, 4.69) is 6.58 Å². The highest BCUT2D eigenvalue weighted by atomic mass is 19.4. The Kier molecular flexibility index (Phi) is 7.54. The van der Waals surface area contributed by atoms with E-state index in [0.717, 1.165) is 0 Å². The summed E-state index contributed by atoms with van der Waals surface area (Å²) in [7, 11) is 0. The molecule has 0 radical (unpaired) electrons. The van der Waals surface area contributed by atoms with Gasteiger partial charge in [0.25, 0.3) is 0 Å². The van der Waals surface area contributed by atoms with E-state index in [0.29, 0.717) is 0 Å². The lowest BCUT2D eigenvalue weighted by molar-refractivity contribution is -0.0805. The SMILES string of the molecule is C=CC.FC=CC(F)(F)F. The number of halogens is 4. The zero-order valence-corrected chi connectivity index (χ0v) is 5.45. The highest BCUT2D eigenvalue weighted by molar-refractivity contribution is 4.80. The second-order valence-corrected chi connectivity index (χ2v) is 1.24. The number of allylic oxidation sites excluding steroid dienone is 2. The monoisotopic (exact) mass is 156 g/mol. The van der Waals surface area contributed by atoms with Crippen molar-refractivity contribution in [2.24, 2.45) is 0 Å². The van der Waals surface area contributed by atoms with Gasteiger partial charge in [-0.2, -0.15) is 13.2 Å². The van der Waals surface area contributed by atoms with E-state index in [1.165, 1.54) is 0 Å². The van der Waals surface area contributed by atoms with Crippen LogP contribution in [0.1, 0.15) is 6.92 Å². The number of alkyl halides is 3. The van der Waals surface area contributed by atoms with Crippen molar-refractivity contribution in [3.8, 4) is 0 Å². The van der Waals surface area contributed by atoms with Crippen LogP contribution in [0, 0.1) is 0 Å². The molecule has 0 aliphatic carbocycles. The molecule has 0 fully saturated rings. The average molecular weight is 156 g/mol. The predicted molar refractivity (Wildman–Crippen MR) is 32.2 cm³/mol. The van der Waals surface area contributed by atoms with Crippen molar-refractivity contribution < 1.29 is 17.6 Å². The number of rotatable bonds is 0. The minimum absolute atomic E-state index is 0.479. The zero-order chi connectivity index (χ0) is 8.62. The van der Waals surface area contributed by atoms with Gasteiger partial charge in [-0.15, -0.1) is 6.58 Å². The van der Waals surface area contributed by atoms with E-state index in [1.807, 2.05) is 6.92 Å². The molecule has 0 nitrogen and oxygen atoms in total. The smallest absolute Gasteiger partial charge is 0.216 e. The number of hydrogen-bond acceptors (Lipinski definition) is 0. The Morgan fingerprint density at radius 2 is 1.60 bits per heavy atom. The molecular weight excluding hydrogens is 148 g/mol. The summed E-state index contributed by atoms with van der Waals surface area (Å²) in [5.41, 5.74) is 0. The fourth-order valence-corrected chi connectivity index (χ4v) is 0.0714. The lowest BCUT2D eigenvalue weighted by Crippen LogP contribution is -1.99. The molecular formula is C6H8F4. The molecule has 0 aromatic heterocycles. The molecule has 0 spiro atoms. The zero-order valence-electron chi connectivity index (χ0n) is 5.45. The maximum Gasteiger partial charge on any atom is 0.411 e. The first-order chi connectivity index (χ1) is 4.47. The van der Waals surface area contributed by atoms with E-state index in [1.54, 1.807) is 6.08 Å². The Morgan fingerprint density at radius 1 is 1.30 bits per heavy atom. The Morgan fingerprint density at radius 3 is 1.60 bits per heavy atom. The van der Waals surface area contributed by atoms with Crippen molar-refractivity contribution >= 4 is 0 Å². The van der Waals surface area contributed by atoms with Gasteiger partial charge in [-0.05, 0) is 6.92 Å². The Bertz CT molecular complexity index is 101. The second kappa shape index (κ2) is 6.32. The van der Waals surface area contributed by atoms with E-state index < -0.39 is 18.6 Å². The summed E-state index contributed by atoms with van der Waals surface area (Å²) >= 11 is 0. The van der Waals surface area contributed by atoms with Gasteiger partial charge in [-0.1, -0.05) is 6.08 Å². The van der Waals surface area contributed by atoms with Crippen molar-refractivity contribution in [3.63, 3.8) is 0 Å². The summed E-state index contributed by atoms with van der Waals surface area (Å²) in [6.07, 6.45) is -3.78. The summed E-state index contributed by atoms with van der Waals surface area (Å²) in [4.78, 5) is 0. The molecule has 0 saturated carbocycles. The Balaban J connectivity index is 0. The Hall–Kier alpha value is -0.800. The highest BCUT2D eigenvalue weighted by Crippen LogP contribution is 2.15. The molecule has 0 aromatic carbocycles. The first kappa shape index (κ1) is 11.9. The summed E-state index contributed by atoms with van der Waals surface area (Å²) in [6, 6.07) is 0. The van der Waals surface area contributed by atoms with Gasteiger partial charge in [0.15, 0.2) is 0 Å². The van der Waals surface area contributed by atoms with Crippen molar-refractivity contribution in [1.29, 1.82) is 0 Å². The molecule has 10 heavy (non-hydrogen) atoms. The molecule has 0 saturated heterocycles. The van der Waals surface area contributed by atoms with Gasteiger partial charge < -0.3 is 0 Å². The first-order valence-corrected chi connectivity index (χ1v) is 2.39. The normalized spacial score (nSPS) is 10.5. The second-order valence-electron chi connectivity index (χ2n) is 1.24. The molecule has 0 aliphatic rings. The summed E-state index contributed by atoms with van der Waals surface area (Å²) in [5, 5.41) is 0. The summed E-state index contributed by atoms with van der Waals surface area (Å²) < 4.78 is 42.8. The lowest BCUT2D eigenvalue weighted by atomic mass is 10.6. The van der Waals surface area contributed by atoms with Crippen molar-refractivity contribution in [3.05, 3.63) is 25.1 Å². The highest BCUT2D eigenvalue weighted by Gasteiger charge is 2.21. The minimum atomic E-state index is -4.51. The third kappa shape index (κ3) is 27.0. The molecule has 0 aliphatic heterocycles. The molecule has 0 bridgehead atoms. The van der Waals surface area contributed by atoms with Crippen LogP contribution in [-0.4, -0.2) is 6.18 Å². The van der Waals surface area contributed by atoms with Gasteiger partial charge in [0, 0.05) is 6.08 Å². The minimum Gasteiger partial charge on any atom is -0.216 e. The van der Waals surface area contributed by atoms with Crippen LogP contribution in [-0.2, 0) is 0 Å². The van der Waals surface area contributed by atoms with Crippen LogP contribution in [0.4, 0.5) is 17.6 Å². The van der Waals surface area contributed by atoms with Crippen LogP contribution in [0.3, 0.4) is 0 Å². The van der Waals surface area contributed by atoms with Crippen molar-refractivity contribution in [2.75, 3.05) is 0 Å². The maximum absolute atomic E-state index is 10.7. The third-order valence-electron chi connectivity index (χ3n) is 0.252. The van der Waals surface area contributed by atoms with E-state index in [9.17, 15) is 17.6 Å². The van der Waals surface area contributed by atoms with Gasteiger partial charge in [0.1, 0.15) is 0 Å². The number of hydrogen-bond donors (Lipinski definition) is 0. The molecule has 4 heteroatoms. The topological polar surface area (TPSA) is 0 Å². The Labute approximate surface area is 56.9 Å². The summed E-state index contributed by atoms with van der Waals surface area (Å²) in [6.45, 7) is 5.25. The van der Waals surface area contributed by atoms with Gasteiger partial charge in [0.2, 0.25) is 0 Å². The molecule has 0 rings (SSSR count). The molecule has 0 heterocycles. The third-order valence-corrected chi connectivity index (χ3v) is 0.252. The van der Waals surface area contributed by atoms with Crippen LogP contribution in [0.5, 0.6) is 0 Å². The fraction of sp³-hybridized carbons (Fsp3) is 0.333. The molecule has 0 amide bonds. The fourth-order valence-electron chi connectivity index (χ4n) is 0.0714. The molecule has 60 valence electrons. The van der Waals surface area contributed by atoms with Crippen molar-refractivity contribution in [2.45, 2.75) is 13.1 Å². The quantitative estimate of drug-likeness (QED) is 0.373. The van der Waals surface area contributed by atoms with Crippen molar-refractivity contribution in [1.82, 2.24) is 0 Å². The molecule has 0 N–H and O–H groups in total. The first-order valence-electron chi connectivity index (χ1n) is 2.39. The summed E-state index contributed by atoms with van der Waals surface area (Å²) in [5.74, 6) is 0. The molecule has 0 atom stereocenters. The average Bonchev–Trinajstić information content (AvgIpc) is 1.63.